The van der Waals surface area contributed by atoms with Crippen LogP contribution in [0.4, 0.5) is 26.2 Å². The molecule has 0 radical (unpaired) electrons. The molecule has 1 saturated heterocycles. The molecule has 3 aromatic rings. The van der Waals surface area contributed by atoms with Gasteiger partial charge in [0.2, 0.25) is 0 Å². The minimum atomic E-state index is -0.299. The minimum absolute atomic E-state index is 0.0948. The summed E-state index contributed by atoms with van der Waals surface area (Å²) in [5, 5.41) is 12.8. The molecule has 0 aliphatic carbocycles. The fraction of sp³-hybridized carbons (Fsp3) is 0.321. The highest BCUT2D eigenvalue weighted by Crippen LogP contribution is 2.34. The summed E-state index contributed by atoms with van der Waals surface area (Å²) in [6.45, 7) is 2.54. The van der Waals surface area contributed by atoms with E-state index in [9.17, 15) is 19.1 Å². The number of carbonyl (C=O) groups is 2. The highest BCUT2D eigenvalue weighted by atomic mass is 79.9. The molecule has 3 amide bonds. The minimum Gasteiger partial charge on any atom is -0.508 e. The molecule has 196 valence electrons. The van der Waals surface area contributed by atoms with Gasteiger partial charge in [-0.3, -0.25) is 4.79 Å². The van der Waals surface area contributed by atoms with Crippen molar-refractivity contribution < 1.29 is 19.1 Å². The van der Waals surface area contributed by atoms with Gasteiger partial charge in [-0.1, -0.05) is 0 Å². The number of carbonyl (C=O) groups excluding carboxylic acids is 2. The summed E-state index contributed by atoms with van der Waals surface area (Å²) in [6.07, 6.45) is 4.53. The number of halogens is 2. The average molecular weight is 580 g/mol. The number of rotatable bonds is 3. The maximum absolute atomic E-state index is 13.6. The number of amides is 3. The first-order chi connectivity index (χ1) is 18.4. The van der Waals surface area contributed by atoms with Crippen LogP contribution in [0.1, 0.15) is 34.5 Å². The molecule has 10 heteroatoms. The first-order valence-electron chi connectivity index (χ1n) is 12.8. The predicted octanol–water partition coefficient (Wildman–Crippen LogP) is 4.95. The van der Waals surface area contributed by atoms with Gasteiger partial charge in [0.15, 0.2) is 0 Å². The normalized spacial score (nSPS) is 17.6. The second-order valence-corrected chi connectivity index (χ2v) is 10.8. The Labute approximate surface area is 228 Å². The van der Waals surface area contributed by atoms with Gasteiger partial charge >= 0.3 is 6.03 Å². The van der Waals surface area contributed by atoms with E-state index >= 15 is 0 Å². The zero-order valence-electron chi connectivity index (χ0n) is 20.7. The van der Waals surface area contributed by atoms with Crippen LogP contribution in [0.2, 0.25) is 0 Å². The van der Waals surface area contributed by atoms with Gasteiger partial charge in [0, 0.05) is 49.8 Å². The number of benzene rings is 2. The zero-order valence-corrected chi connectivity index (χ0v) is 22.2. The lowest BCUT2D eigenvalue weighted by Gasteiger charge is -2.39. The molecule has 0 saturated carbocycles. The molecule has 1 fully saturated rings. The monoisotopic (exact) mass is 579 g/mol. The lowest BCUT2D eigenvalue weighted by atomic mass is 10.0. The van der Waals surface area contributed by atoms with Crippen LogP contribution in [0.25, 0.3) is 0 Å². The van der Waals surface area contributed by atoms with Crippen molar-refractivity contribution in [3.05, 3.63) is 75.8 Å². The third-order valence-corrected chi connectivity index (χ3v) is 8.31. The maximum atomic E-state index is 13.6. The number of anilines is 3. The van der Waals surface area contributed by atoms with E-state index in [1.54, 1.807) is 35.4 Å². The lowest BCUT2D eigenvalue weighted by molar-refractivity contribution is 0.0984. The van der Waals surface area contributed by atoms with Gasteiger partial charge in [-0.2, -0.15) is 0 Å². The van der Waals surface area contributed by atoms with Gasteiger partial charge in [-0.05, 0) is 95.2 Å². The molecular formula is C28H27BrFN5O3. The van der Waals surface area contributed by atoms with Crippen LogP contribution in [0, 0.1) is 5.82 Å². The number of aromatic hydroxyl groups is 1. The number of hydrogen-bond donors (Lipinski definition) is 2. The maximum Gasteiger partial charge on any atom is 0.322 e. The number of hydrogen-bond acceptors (Lipinski definition) is 5. The molecular weight excluding hydrogens is 553 g/mol. The average Bonchev–Trinajstić information content (AvgIpc) is 3.25. The summed E-state index contributed by atoms with van der Waals surface area (Å²) in [7, 11) is 0. The van der Waals surface area contributed by atoms with Gasteiger partial charge < -0.3 is 25.1 Å². The lowest BCUT2D eigenvalue weighted by Crippen LogP contribution is -2.49. The number of phenols is 1. The van der Waals surface area contributed by atoms with Crippen molar-refractivity contribution in [2.45, 2.75) is 31.7 Å². The van der Waals surface area contributed by atoms with E-state index in [-0.39, 0.29) is 29.5 Å². The molecule has 4 heterocycles. The van der Waals surface area contributed by atoms with E-state index < -0.39 is 0 Å². The summed E-state index contributed by atoms with van der Waals surface area (Å²) in [5.74, 6) is -0.304. The van der Waals surface area contributed by atoms with Crippen molar-refractivity contribution in [2.75, 3.05) is 41.3 Å². The SMILES string of the molecule is O=C(c1cc(N2CCC(N3CCc4cc(O)ccc4NC3=O)CC2)c(Br)cn1)N1CCc2cc(F)ccc21. The molecule has 1 aromatic heterocycles. The van der Waals surface area contributed by atoms with E-state index in [2.05, 4.69) is 31.1 Å². The van der Waals surface area contributed by atoms with Gasteiger partial charge in [-0.25, -0.2) is 14.2 Å². The number of urea groups is 1. The number of nitrogens with zero attached hydrogens (tertiary/aromatic N) is 4. The zero-order chi connectivity index (χ0) is 26.4. The van der Waals surface area contributed by atoms with E-state index in [1.807, 2.05) is 11.0 Å². The summed E-state index contributed by atoms with van der Waals surface area (Å²) in [6, 6.07) is 11.3. The summed E-state index contributed by atoms with van der Waals surface area (Å²) >= 11 is 3.60. The van der Waals surface area contributed by atoms with Crippen molar-refractivity contribution >= 4 is 44.9 Å². The number of pyridine rings is 1. The van der Waals surface area contributed by atoms with Gasteiger partial charge in [0.1, 0.15) is 17.3 Å². The molecule has 3 aliphatic heterocycles. The Kier molecular flexibility index (Phi) is 6.43. The molecule has 3 aliphatic rings. The Bertz CT molecular complexity index is 1430. The standard InChI is InChI=1S/C28H27BrFN5O3/c29-22-16-31-24(27(37)35-12-6-18-13-19(30)1-4-25(18)35)15-26(22)33-9-7-20(8-10-33)34-11-5-17-14-21(36)2-3-23(17)32-28(34)38/h1-4,13-16,20,36H,5-12H2,(H,32,38). The van der Waals surface area contributed by atoms with E-state index in [0.29, 0.717) is 31.6 Å². The fourth-order valence-corrected chi connectivity index (χ4v) is 6.18. The van der Waals surface area contributed by atoms with Gasteiger partial charge in [0.25, 0.3) is 5.91 Å². The first-order valence-corrected chi connectivity index (χ1v) is 13.6. The van der Waals surface area contributed by atoms with Crippen molar-refractivity contribution in [3.63, 3.8) is 0 Å². The Hall–Kier alpha value is -3.66. The summed E-state index contributed by atoms with van der Waals surface area (Å²) < 4.78 is 14.4. The molecule has 0 bridgehead atoms. The largest absolute Gasteiger partial charge is 0.508 e. The summed E-state index contributed by atoms with van der Waals surface area (Å²) in [4.78, 5) is 36.5. The summed E-state index contributed by atoms with van der Waals surface area (Å²) in [5.41, 5.74) is 4.48. The van der Waals surface area contributed by atoms with E-state index in [4.69, 9.17) is 0 Å². The Morgan fingerprint density at radius 1 is 1.00 bits per heavy atom. The van der Waals surface area contributed by atoms with Crippen LogP contribution < -0.4 is 15.1 Å². The van der Waals surface area contributed by atoms with E-state index in [1.165, 1.54) is 12.1 Å². The van der Waals surface area contributed by atoms with Crippen LogP contribution in [0.3, 0.4) is 0 Å². The second kappa shape index (κ2) is 9.90. The topological polar surface area (TPSA) is 89.0 Å². The second-order valence-electron chi connectivity index (χ2n) is 9.93. The first kappa shape index (κ1) is 24.7. The van der Waals surface area contributed by atoms with Crippen LogP contribution in [0.5, 0.6) is 5.75 Å². The van der Waals surface area contributed by atoms with Crippen LogP contribution in [-0.2, 0) is 12.8 Å². The van der Waals surface area contributed by atoms with Gasteiger partial charge in [0.05, 0.1) is 10.2 Å². The molecule has 0 spiro atoms. The number of piperidine rings is 1. The number of aromatic nitrogens is 1. The molecule has 8 nitrogen and oxygen atoms in total. The Morgan fingerprint density at radius 2 is 1.79 bits per heavy atom. The van der Waals surface area contributed by atoms with Crippen molar-refractivity contribution in [1.29, 1.82) is 0 Å². The van der Waals surface area contributed by atoms with Crippen molar-refractivity contribution in [3.8, 4) is 5.75 Å². The van der Waals surface area contributed by atoms with Gasteiger partial charge in [-0.15, -0.1) is 0 Å². The highest BCUT2D eigenvalue weighted by Gasteiger charge is 2.32. The number of nitrogens with one attached hydrogen (secondary N) is 1. The molecule has 6 rings (SSSR count). The van der Waals surface area contributed by atoms with Crippen molar-refractivity contribution in [2.24, 2.45) is 0 Å². The molecule has 0 atom stereocenters. The number of fused-ring (bicyclic) bond motifs is 2. The van der Waals surface area contributed by atoms with Crippen LogP contribution >= 0.6 is 15.9 Å². The smallest absolute Gasteiger partial charge is 0.322 e. The third-order valence-electron chi connectivity index (χ3n) is 7.70. The Balaban J connectivity index is 1.14. The third kappa shape index (κ3) is 4.57. The van der Waals surface area contributed by atoms with Crippen LogP contribution in [0.15, 0.2) is 53.1 Å². The quantitative estimate of drug-likeness (QED) is 0.428. The molecule has 2 N–H and O–H groups in total. The highest BCUT2D eigenvalue weighted by molar-refractivity contribution is 9.10. The van der Waals surface area contributed by atoms with Crippen molar-refractivity contribution in [1.82, 2.24) is 9.88 Å². The predicted molar refractivity (Wildman–Crippen MR) is 146 cm³/mol. The van der Waals surface area contributed by atoms with E-state index in [0.717, 1.165) is 58.6 Å². The number of phenolic OH excluding ortho intramolecular Hbond substituents is 1. The molecule has 0 unspecified atom stereocenters. The fourth-order valence-electron chi connectivity index (χ4n) is 5.71. The Morgan fingerprint density at radius 3 is 2.61 bits per heavy atom. The van der Waals surface area contributed by atoms with Crippen LogP contribution in [-0.4, -0.2) is 59.1 Å². The molecule has 38 heavy (non-hydrogen) atoms. The molecule has 2 aromatic carbocycles.